The minimum absolute atomic E-state index is 0.391. The van der Waals surface area contributed by atoms with Gasteiger partial charge in [-0.3, -0.25) is 0 Å². The minimum atomic E-state index is 0.391. The smallest absolute Gasteiger partial charge is 0.0409 e. The van der Waals surface area contributed by atoms with Crippen molar-refractivity contribution in [1.82, 2.24) is 5.32 Å². The van der Waals surface area contributed by atoms with Crippen molar-refractivity contribution in [2.24, 2.45) is 5.92 Å². The molecule has 0 radical (unpaired) electrons. The van der Waals surface area contributed by atoms with Crippen molar-refractivity contribution >= 4 is 11.6 Å². The van der Waals surface area contributed by atoms with Crippen molar-refractivity contribution in [3.8, 4) is 0 Å². The number of hydrogen-bond acceptors (Lipinski definition) is 1. The van der Waals surface area contributed by atoms with Crippen molar-refractivity contribution in [3.05, 3.63) is 34.9 Å². The molecule has 1 aliphatic rings. The molecular formula is C16H24ClN. The zero-order valence-electron chi connectivity index (χ0n) is 11.5. The first-order chi connectivity index (χ1) is 8.65. The van der Waals surface area contributed by atoms with Gasteiger partial charge in [-0.1, -0.05) is 43.5 Å². The lowest BCUT2D eigenvalue weighted by molar-refractivity contribution is 0.408. The normalized spacial score (nSPS) is 26.6. The van der Waals surface area contributed by atoms with Gasteiger partial charge in [-0.15, -0.1) is 0 Å². The number of halogens is 1. The average molecular weight is 266 g/mol. The molecule has 1 saturated carbocycles. The van der Waals surface area contributed by atoms with Crippen LogP contribution >= 0.6 is 11.6 Å². The van der Waals surface area contributed by atoms with E-state index in [1.54, 1.807) is 0 Å². The molecule has 0 bridgehead atoms. The Balaban J connectivity index is 1.92. The van der Waals surface area contributed by atoms with Crippen LogP contribution in [0.2, 0.25) is 5.02 Å². The first-order valence-corrected chi connectivity index (χ1v) is 7.54. The molecule has 1 N–H and O–H groups in total. The SMILES string of the molecule is CC1CCCC(N[C@H](C)c2cccc(Cl)c2)CC1. The maximum absolute atomic E-state index is 6.05. The highest BCUT2D eigenvalue weighted by Crippen LogP contribution is 2.25. The van der Waals surface area contributed by atoms with Crippen LogP contribution < -0.4 is 5.32 Å². The van der Waals surface area contributed by atoms with Crippen molar-refractivity contribution in [3.63, 3.8) is 0 Å². The van der Waals surface area contributed by atoms with E-state index in [0.29, 0.717) is 12.1 Å². The van der Waals surface area contributed by atoms with E-state index in [-0.39, 0.29) is 0 Å². The molecule has 100 valence electrons. The zero-order valence-corrected chi connectivity index (χ0v) is 12.2. The molecule has 0 spiro atoms. The maximum Gasteiger partial charge on any atom is 0.0409 e. The Morgan fingerprint density at radius 3 is 2.83 bits per heavy atom. The third kappa shape index (κ3) is 4.00. The van der Waals surface area contributed by atoms with Gasteiger partial charge in [0.15, 0.2) is 0 Å². The predicted octanol–water partition coefficient (Wildman–Crippen LogP) is 4.96. The lowest BCUT2D eigenvalue weighted by atomic mass is 10.0. The Kier molecular flexibility index (Phi) is 5.08. The van der Waals surface area contributed by atoms with E-state index in [0.717, 1.165) is 10.9 Å². The third-order valence-corrected chi connectivity index (χ3v) is 4.33. The largest absolute Gasteiger partial charge is 0.307 e. The molecule has 3 atom stereocenters. The van der Waals surface area contributed by atoms with Crippen LogP contribution in [0.5, 0.6) is 0 Å². The molecule has 1 nitrogen and oxygen atoms in total. The van der Waals surface area contributed by atoms with Crippen molar-refractivity contribution in [1.29, 1.82) is 0 Å². The first kappa shape index (κ1) is 13.9. The van der Waals surface area contributed by atoms with Crippen LogP contribution in [-0.2, 0) is 0 Å². The summed E-state index contributed by atoms with van der Waals surface area (Å²) in [6.45, 7) is 4.61. The molecule has 0 aromatic heterocycles. The van der Waals surface area contributed by atoms with E-state index >= 15 is 0 Å². The molecule has 1 aliphatic carbocycles. The van der Waals surface area contributed by atoms with Gasteiger partial charge in [0, 0.05) is 17.1 Å². The fourth-order valence-corrected chi connectivity index (χ4v) is 3.08. The highest BCUT2D eigenvalue weighted by molar-refractivity contribution is 6.30. The molecule has 18 heavy (non-hydrogen) atoms. The topological polar surface area (TPSA) is 12.0 Å². The molecule has 0 heterocycles. The Bertz CT molecular complexity index is 377. The van der Waals surface area contributed by atoms with Gasteiger partial charge in [0.1, 0.15) is 0 Å². The molecule has 2 rings (SSSR count). The summed E-state index contributed by atoms with van der Waals surface area (Å²) in [4.78, 5) is 0. The highest BCUT2D eigenvalue weighted by atomic mass is 35.5. The first-order valence-electron chi connectivity index (χ1n) is 7.16. The number of rotatable bonds is 3. The fraction of sp³-hybridized carbons (Fsp3) is 0.625. The third-order valence-electron chi connectivity index (χ3n) is 4.09. The second-order valence-corrected chi connectivity index (χ2v) is 6.19. The molecule has 0 amide bonds. The average Bonchev–Trinajstić information content (AvgIpc) is 2.54. The molecule has 2 unspecified atom stereocenters. The molecule has 0 saturated heterocycles. The van der Waals surface area contributed by atoms with Gasteiger partial charge >= 0.3 is 0 Å². The van der Waals surface area contributed by atoms with Crippen LogP contribution in [0.3, 0.4) is 0 Å². The Hall–Kier alpha value is -0.530. The summed E-state index contributed by atoms with van der Waals surface area (Å²) in [7, 11) is 0. The lowest BCUT2D eigenvalue weighted by Crippen LogP contribution is -2.31. The predicted molar refractivity (Wildman–Crippen MR) is 79.0 cm³/mol. The molecule has 2 heteroatoms. The number of hydrogen-bond donors (Lipinski definition) is 1. The van der Waals surface area contributed by atoms with Crippen molar-refractivity contribution in [2.45, 2.75) is 58.0 Å². The summed E-state index contributed by atoms with van der Waals surface area (Å²) < 4.78 is 0. The van der Waals surface area contributed by atoms with Crippen LogP contribution in [0.1, 0.15) is 57.6 Å². The van der Waals surface area contributed by atoms with E-state index in [4.69, 9.17) is 11.6 Å². The fourth-order valence-electron chi connectivity index (χ4n) is 2.88. The summed E-state index contributed by atoms with van der Waals surface area (Å²) >= 11 is 6.05. The molecule has 0 aliphatic heterocycles. The van der Waals surface area contributed by atoms with Crippen LogP contribution in [0.4, 0.5) is 0 Å². The van der Waals surface area contributed by atoms with E-state index < -0.39 is 0 Å². The van der Waals surface area contributed by atoms with E-state index in [9.17, 15) is 0 Å². The molecular weight excluding hydrogens is 242 g/mol. The monoisotopic (exact) mass is 265 g/mol. The van der Waals surface area contributed by atoms with Crippen molar-refractivity contribution < 1.29 is 0 Å². The van der Waals surface area contributed by atoms with Crippen molar-refractivity contribution in [2.75, 3.05) is 0 Å². The van der Waals surface area contributed by atoms with E-state index in [2.05, 4.69) is 31.3 Å². The van der Waals surface area contributed by atoms with Gasteiger partial charge in [0.2, 0.25) is 0 Å². The van der Waals surface area contributed by atoms with Crippen LogP contribution in [-0.4, -0.2) is 6.04 Å². The Labute approximate surface area is 116 Å². The second-order valence-electron chi connectivity index (χ2n) is 5.75. The molecule has 1 fully saturated rings. The molecule has 1 aromatic rings. The lowest BCUT2D eigenvalue weighted by Gasteiger charge is -2.22. The summed E-state index contributed by atoms with van der Waals surface area (Å²) in [5.74, 6) is 0.901. The van der Waals surface area contributed by atoms with Crippen LogP contribution in [0.25, 0.3) is 0 Å². The quantitative estimate of drug-likeness (QED) is 0.762. The summed E-state index contributed by atoms with van der Waals surface area (Å²) in [6, 6.07) is 9.25. The number of nitrogens with one attached hydrogen (secondary N) is 1. The maximum atomic E-state index is 6.05. The van der Waals surface area contributed by atoms with Gasteiger partial charge in [0.25, 0.3) is 0 Å². The summed E-state index contributed by atoms with van der Waals surface area (Å²) in [5, 5.41) is 4.59. The van der Waals surface area contributed by atoms with Gasteiger partial charge < -0.3 is 5.32 Å². The zero-order chi connectivity index (χ0) is 13.0. The van der Waals surface area contributed by atoms with Gasteiger partial charge in [-0.2, -0.15) is 0 Å². The Morgan fingerprint density at radius 2 is 2.06 bits per heavy atom. The van der Waals surface area contributed by atoms with Crippen LogP contribution in [0, 0.1) is 5.92 Å². The second kappa shape index (κ2) is 6.58. The van der Waals surface area contributed by atoms with Gasteiger partial charge in [-0.05, 0) is 49.8 Å². The van der Waals surface area contributed by atoms with Gasteiger partial charge in [-0.25, -0.2) is 0 Å². The Morgan fingerprint density at radius 1 is 1.22 bits per heavy atom. The number of benzene rings is 1. The van der Waals surface area contributed by atoms with E-state index in [1.165, 1.54) is 37.7 Å². The summed E-state index contributed by atoms with van der Waals surface area (Å²) in [6.07, 6.45) is 6.74. The van der Waals surface area contributed by atoms with Crippen LogP contribution in [0.15, 0.2) is 24.3 Å². The minimum Gasteiger partial charge on any atom is -0.307 e. The molecule has 1 aromatic carbocycles. The van der Waals surface area contributed by atoms with E-state index in [1.807, 2.05) is 12.1 Å². The highest BCUT2D eigenvalue weighted by Gasteiger charge is 2.18. The summed E-state index contributed by atoms with van der Waals surface area (Å²) in [5.41, 5.74) is 1.29. The van der Waals surface area contributed by atoms with Gasteiger partial charge in [0.05, 0.1) is 0 Å². The standard InChI is InChI=1S/C16H24ClN/c1-12-5-3-8-16(10-9-12)18-13(2)14-6-4-7-15(17)11-14/h4,6-7,11-13,16,18H,3,5,8-10H2,1-2H3/t12?,13-,16?/m1/s1.